The molecular formula is C10H14. The van der Waals surface area contributed by atoms with Gasteiger partial charge in [-0.3, -0.25) is 0 Å². The Balaban J connectivity index is 2.03. The molecule has 2 fully saturated rings. The van der Waals surface area contributed by atoms with Crippen LogP contribution in [0.1, 0.15) is 38.5 Å². The van der Waals surface area contributed by atoms with Crippen LogP contribution in [-0.4, -0.2) is 0 Å². The van der Waals surface area contributed by atoms with Gasteiger partial charge in [0.05, 0.1) is 0 Å². The third kappa shape index (κ3) is 0.457. The Kier molecular flexibility index (Phi) is 0.805. The molecule has 1 spiro atoms. The van der Waals surface area contributed by atoms with Crippen molar-refractivity contribution in [3.8, 4) is 0 Å². The van der Waals surface area contributed by atoms with Gasteiger partial charge in [0.1, 0.15) is 0 Å². The number of hydrogen-bond acceptors (Lipinski definition) is 0. The zero-order chi connectivity index (χ0) is 6.60. The Morgan fingerprint density at radius 1 is 1.40 bits per heavy atom. The monoisotopic (exact) mass is 134 g/mol. The maximum Gasteiger partial charge on any atom is -0.00508 e. The van der Waals surface area contributed by atoms with Crippen LogP contribution in [0.25, 0.3) is 0 Å². The van der Waals surface area contributed by atoms with Gasteiger partial charge in [0.25, 0.3) is 0 Å². The van der Waals surface area contributed by atoms with Gasteiger partial charge in [-0.05, 0) is 49.9 Å². The maximum absolute atomic E-state index is 2.49. The minimum absolute atomic E-state index is 0.795. The standard InChI is InChI=1S/C10H14/c1-2-9-4-6-10(9)5-3-8(1)7-10/h4,8H,1-3,5-7H2. The normalized spacial score (nSPS) is 49.6. The second kappa shape index (κ2) is 1.49. The summed E-state index contributed by atoms with van der Waals surface area (Å²) in [4.78, 5) is 0. The topological polar surface area (TPSA) is 0 Å². The second-order valence-electron chi connectivity index (χ2n) is 4.36. The van der Waals surface area contributed by atoms with Crippen molar-refractivity contribution in [3.05, 3.63) is 11.6 Å². The Bertz CT molecular complexity index is 202. The van der Waals surface area contributed by atoms with Crippen molar-refractivity contribution >= 4 is 0 Å². The molecule has 2 atom stereocenters. The molecule has 54 valence electrons. The molecule has 3 rings (SSSR count). The quantitative estimate of drug-likeness (QED) is 0.447. The molecule has 0 N–H and O–H groups in total. The fourth-order valence-corrected chi connectivity index (χ4v) is 3.22. The van der Waals surface area contributed by atoms with Gasteiger partial charge in [-0.2, -0.15) is 0 Å². The van der Waals surface area contributed by atoms with Crippen LogP contribution in [0, 0.1) is 11.3 Å². The second-order valence-corrected chi connectivity index (χ2v) is 4.36. The number of rotatable bonds is 0. The Morgan fingerprint density at radius 3 is 3.10 bits per heavy atom. The summed E-state index contributed by atoms with van der Waals surface area (Å²) in [5.74, 6) is 1.12. The summed E-state index contributed by atoms with van der Waals surface area (Å²) >= 11 is 0. The molecule has 0 nitrogen and oxygen atoms in total. The molecule has 0 aromatic heterocycles. The smallest absolute Gasteiger partial charge is 0.00508 e. The lowest BCUT2D eigenvalue weighted by Gasteiger charge is -2.42. The Hall–Kier alpha value is -0.260. The molecule has 0 heterocycles. The van der Waals surface area contributed by atoms with Crippen LogP contribution in [0.5, 0.6) is 0 Å². The summed E-state index contributed by atoms with van der Waals surface area (Å²) in [6.07, 6.45) is 11.5. The molecule has 2 saturated carbocycles. The van der Waals surface area contributed by atoms with E-state index in [2.05, 4.69) is 6.08 Å². The highest BCUT2D eigenvalue weighted by Gasteiger charge is 2.48. The molecule has 0 radical (unpaired) electrons. The molecule has 3 aliphatic carbocycles. The van der Waals surface area contributed by atoms with E-state index < -0.39 is 0 Å². The van der Waals surface area contributed by atoms with Crippen molar-refractivity contribution in [3.63, 3.8) is 0 Å². The van der Waals surface area contributed by atoms with Crippen LogP contribution in [0.2, 0.25) is 0 Å². The van der Waals surface area contributed by atoms with Crippen molar-refractivity contribution in [1.29, 1.82) is 0 Å². The van der Waals surface area contributed by atoms with Crippen molar-refractivity contribution in [2.75, 3.05) is 0 Å². The summed E-state index contributed by atoms with van der Waals surface area (Å²) in [6.45, 7) is 0. The average molecular weight is 134 g/mol. The molecule has 0 aromatic rings. The first-order chi connectivity index (χ1) is 4.89. The van der Waals surface area contributed by atoms with E-state index in [-0.39, 0.29) is 0 Å². The van der Waals surface area contributed by atoms with Crippen molar-refractivity contribution in [1.82, 2.24) is 0 Å². The summed E-state index contributed by atoms with van der Waals surface area (Å²) in [5, 5.41) is 0. The summed E-state index contributed by atoms with van der Waals surface area (Å²) in [6, 6.07) is 0. The van der Waals surface area contributed by atoms with E-state index in [4.69, 9.17) is 0 Å². The summed E-state index contributed by atoms with van der Waals surface area (Å²) in [7, 11) is 0. The van der Waals surface area contributed by atoms with Crippen LogP contribution < -0.4 is 0 Å². The van der Waals surface area contributed by atoms with Gasteiger partial charge >= 0.3 is 0 Å². The molecule has 0 heteroatoms. The summed E-state index contributed by atoms with van der Waals surface area (Å²) in [5.41, 5.74) is 2.63. The lowest BCUT2D eigenvalue weighted by Crippen LogP contribution is -2.29. The van der Waals surface area contributed by atoms with E-state index in [1.54, 1.807) is 6.42 Å². The van der Waals surface area contributed by atoms with E-state index in [1.807, 2.05) is 5.57 Å². The van der Waals surface area contributed by atoms with Gasteiger partial charge in [-0.1, -0.05) is 11.6 Å². The minimum atomic E-state index is 0.795. The Labute approximate surface area is 62.3 Å². The largest absolute Gasteiger partial charge is 0.0839 e. The fraction of sp³-hybridized carbons (Fsp3) is 0.800. The third-order valence-corrected chi connectivity index (χ3v) is 3.95. The molecule has 10 heavy (non-hydrogen) atoms. The molecular weight excluding hydrogens is 120 g/mol. The highest BCUT2D eigenvalue weighted by Crippen LogP contribution is 2.61. The molecule has 0 amide bonds. The zero-order valence-corrected chi connectivity index (χ0v) is 6.40. The zero-order valence-electron chi connectivity index (χ0n) is 6.40. The first-order valence-corrected chi connectivity index (χ1v) is 4.59. The first-order valence-electron chi connectivity index (χ1n) is 4.59. The van der Waals surface area contributed by atoms with Crippen LogP contribution >= 0.6 is 0 Å². The number of allylic oxidation sites excluding steroid dienone is 2. The van der Waals surface area contributed by atoms with Crippen molar-refractivity contribution in [2.45, 2.75) is 38.5 Å². The maximum atomic E-state index is 2.49. The molecule has 0 aromatic carbocycles. The highest BCUT2D eigenvalue weighted by molar-refractivity contribution is 5.30. The lowest BCUT2D eigenvalue weighted by atomic mass is 9.63. The van der Waals surface area contributed by atoms with Crippen LogP contribution in [0.3, 0.4) is 0 Å². The fourth-order valence-electron chi connectivity index (χ4n) is 3.22. The van der Waals surface area contributed by atoms with E-state index in [0.29, 0.717) is 0 Å². The lowest BCUT2D eigenvalue weighted by molar-refractivity contribution is 0.262. The van der Waals surface area contributed by atoms with Gasteiger partial charge in [-0.15, -0.1) is 0 Å². The van der Waals surface area contributed by atoms with Gasteiger partial charge < -0.3 is 0 Å². The van der Waals surface area contributed by atoms with E-state index in [0.717, 1.165) is 11.3 Å². The number of hydrogen-bond donors (Lipinski definition) is 0. The molecule has 2 bridgehead atoms. The predicted octanol–water partition coefficient (Wildman–Crippen LogP) is 2.90. The van der Waals surface area contributed by atoms with E-state index >= 15 is 0 Å². The highest BCUT2D eigenvalue weighted by atomic mass is 14.5. The SMILES string of the molecule is C1=C2CCC3CCC2(C1)C3. The Morgan fingerprint density at radius 2 is 2.40 bits per heavy atom. The first kappa shape index (κ1) is 5.40. The van der Waals surface area contributed by atoms with Crippen molar-refractivity contribution in [2.24, 2.45) is 11.3 Å². The third-order valence-electron chi connectivity index (χ3n) is 3.95. The summed E-state index contributed by atoms with van der Waals surface area (Å²) < 4.78 is 0. The van der Waals surface area contributed by atoms with Gasteiger partial charge in [0.2, 0.25) is 0 Å². The van der Waals surface area contributed by atoms with E-state index in [9.17, 15) is 0 Å². The van der Waals surface area contributed by atoms with Gasteiger partial charge in [0.15, 0.2) is 0 Å². The van der Waals surface area contributed by atoms with Gasteiger partial charge in [0, 0.05) is 0 Å². The number of fused-ring (bicyclic) bond motifs is 1. The average Bonchev–Trinajstić information content (AvgIpc) is 2.27. The predicted molar refractivity (Wildman–Crippen MR) is 41.7 cm³/mol. The van der Waals surface area contributed by atoms with Crippen LogP contribution in [0.4, 0.5) is 0 Å². The molecule has 2 unspecified atom stereocenters. The van der Waals surface area contributed by atoms with Crippen LogP contribution in [0.15, 0.2) is 11.6 Å². The minimum Gasteiger partial charge on any atom is -0.0839 e. The molecule has 0 saturated heterocycles. The molecule has 3 aliphatic rings. The van der Waals surface area contributed by atoms with E-state index in [1.165, 1.54) is 32.1 Å². The van der Waals surface area contributed by atoms with Crippen molar-refractivity contribution < 1.29 is 0 Å². The molecule has 0 aliphatic heterocycles. The van der Waals surface area contributed by atoms with Gasteiger partial charge in [-0.25, -0.2) is 0 Å². The van der Waals surface area contributed by atoms with Crippen LogP contribution in [-0.2, 0) is 0 Å².